The summed E-state index contributed by atoms with van der Waals surface area (Å²) in [6.07, 6.45) is -4.96. The average Bonchev–Trinajstić information content (AvgIpc) is 2.70. The van der Waals surface area contributed by atoms with E-state index in [4.69, 9.17) is 9.47 Å². The molecule has 1 aliphatic heterocycles. The van der Waals surface area contributed by atoms with Gasteiger partial charge in [0.15, 0.2) is 11.5 Å². The Labute approximate surface area is 172 Å². The molecule has 0 saturated carbocycles. The lowest BCUT2D eigenvalue weighted by Crippen LogP contribution is -2.50. The minimum absolute atomic E-state index is 0.0744. The van der Waals surface area contributed by atoms with Gasteiger partial charge >= 0.3 is 6.36 Å². The van der Waals surface area contributed by atoms with Gasteiger partial charge in [-0.25, -0.2) is 0 Å². The Bertz CT molecular complexity index is 971. The third-order valence-electron chi connectivity index (χ3n) is 4.64. The van der Waals surface area contributed by atoms with E-state index in [1.165, 1.54) is 12.1 Å². The number of alkyl halides is 3. The maximum Gasteiger partial charge on any atom is 0.573 e. The molecule has 3 aromatic carbocycles. The molecule has 30 heavy (non-hydrogen) atoms. The van der Waals surface area contributed by atoms with Crippen molar-refractivity contribution in [2.24, 2.45) is 0 Å². The SMILES string of the molecule is FC(F)(F)Oc1cc(-c2ccc(OCc3ccccc3)cc2)ccc1OC1CNC1. The van der Waals surface area contributed by atoms with Crippen LogP contribution in [0.15, 0.2) is 72.8 Å². The molecule has 0 bridgehead atoms. The highest BCUT2D eigenvalue weighted by Crippen LogP contribution is 2.37. The van der Waals surface area contributed by atoms with E-state index in [9.17, 15) is 13.2 Å². The number of benzene rings is 3. The molecule has 0 unspecified atom stereocenters. The second kappa shape index (κ2) is 8.67. The molecule has 7 heteroatoms. The van der Waals surface area contributed by atoms with Crippen molar-refractivity contribution in [3.05, 3.63) is 78.4 Å². The summed E-state index contributed by atoms with van der Waals surface area (Å²) in [4.78, 5) is 0. The maximum atomic E-state index is 12.9. The van der Waals surface area contributed by atoms with Crippen molar-refractivity contribution in [2.45, 2.75) is 19.1 Å². The third-order valence-corrected chi connectivity index (χ3v) is 4.64. The van der Waals surface area contributed by atoms with E-state index in [1.807, 2.05) is 30.3 Å². The Hall–Kier alpha value is -3.19. The second-order valence-electron chi connectivity index (χ2n) is 6.91. The molecule has 4 rings (SSSR count). The summed E-state index contributed by atoms with van der Waals surface area (Å²) < 4.78 is 54.1. The van der Waals surface area contributed by atoms with Crippen LogP contribution in [-0.2, 0) is 6.61 Å². The second-order valence-corrected chi connectivity index (χ2v) is 6.91. The zero-order chi connectivity index (χ0) is 21.0. The molecule has 3 aromatic rings. The van der Waals surface area contributed by atoms with Crippen molar-refractivity contribution in [1.29, 1.82) is 0 Å². The van der Waals surface area contributed by atoms with E-state index < -0.39 is 6.36 Å². The van der Waals surface area contributed by atoms with Crippen molar-refractivity contribution in [1.82, 2.24) is 5.32 Å². The van der Waals surface area contributed by atoms with Crippen LogP contribution >= 0.6 is 0 Å². The number of rotatable bonds is 7. The average molecular weight is 415 g/mol. The zero-order valence-electron chi connectivity index (χ0n) is 16.0. The van der Waals surface area contributed by atoms with Gasteiger partial charge in [0.25, 0.3) is 0 Å². The fourth-order valence-electron chi connectivity index (χ4n) is 3.00. The molecular weight excluding hydrogens is 395 g/mol. The molecule has 0 aliphatic carbocycles. The first-order valence-corrected chi connectivity index (χ1v) is 9.51. The van der Waals surface area contributed by atoms with E-state index in [0.717, 1.165) is 11.1 Å². The van der Waals surface area contributed by atoms with Crippen LogP contribution in [-0.4, -0.2) is 25.6 Å². The van der Waals surface area contributed by atoms with Crippen molar-refractivity contribution in [2.75, 3.05) is 13.1 Å². The van der Waals surface area contributed by atoms with Crippen LogP contribution in [0.2, 0.25) is 0 Å². The topological polar surface area (TPSA) is 39.7 Å². The van der Waals surface area contributed by atoms with Crippen LogP contribution in [0.3, 0.4) is 0 Å². The van der Waals surface area contributed by atoms with Crippen molar-refractivity contribution in [3.8, 4) is 28.4 Å². The third kappa shape index (κ3) is 5.24. The zero-order valence-corrected chi connectivity index (χ0v) is 16.0. The van der Waals surface area contributed by atoms with Crippen LogP contribution < -0.4 is 19.5 Å². The van der Waals surface area contributed by atoms with Crippen LogP contribution in [0.25, 0.3) is 11.1 Å². The van der Waals surface area contributed by atoms with Gasteiger partial charge in [-0.3, -0.25) is 0 Å². The number of hydrogen-bond acceptors (Lipinski definition) is 4. The molecule has 1 heterocycles. The first-order valence-electron chi connectivity index (χ1n) is 9.51. The van der Waals surface area contributed by atoms with E-state index in [0.29, 0.717) is 31.0 Å². The van der Waals surface area contributed by atoms with E-state index in [-0.39, 0.29) is 17.6 Å². The molecule has 1 aliphatic rings. The quantitative estimate of drug-likeness (QED) is 0.577. The van der Waals surface area contributed by atoms with Crippen LogP contribution in [0.1, 0.15) is 5.56 Å². The lowest BCUT2D eigenvalue weighted by molar-refractivity contribution is -0.275. The minimum Gasteiger partial charge on any atom is -0.489 e. The minimum atomic E-state index is -4.80. The summed E-state index contributed by atoms with van der Waals surface area (Å²) in [5.74, 6) is 0.397. The Balaban J connectivity index is 1.50. The van der Waals surface area contributed by atoms with Gasteiger partial charge in [0.05, 0.1) is 0 Å². The molecule has 1 N–H and O–H groups in total. The van der Waals surface area contributed by atoms with Crippen molar-refractivity contribution in [3.63, 3.8) is 0 Å². The predicted octanol–water partition coefficient (Wildman–Crippen LogP) is 5.18. The Morgan fingerprint density at radius 1 is 0.833 bits per heavy atom. The summed E-state index contributed by atoms with van der Waals surface area (Å²) in [5, 5.41) is 3.01. The van der Waals surface area contributed by atoms with E-state index in [2.05, 4.69) is 10.1 Å². The van der Waals surface area contributed by atoms with E-state index in [1.54, 1.807) is 30.3 Å². The lowest BCUT2D eigenvalue weighted by atomic mass is 10.0. The van der Waals surface area contributed by atoms with Gasteiger partial charge in [0, 0.05) is 13.1 Å². The van der Waals surface area contributed by atoms with Crippen molar-refractivity contribution >= 4 is 0 Å². The van der Waals surface area contributed by atoms with Gasteiger partial charge in [-0.2, -0.15) is 0 Å². The summed E-state index contributed by atoms with van der Waals surface area (Å²) in [5.41, 5.74) is 2.38. The molecule has 1 saturated heterocycles. The fourth-order valence-corrected chi connectivity index (χ4v) is 3.00. The molecule has 0 atom stereocenters. The maximum absolute atomic E-state index is 12.9. The molecular formula is C23H20F3NO3. The van der Waals surface area contributed by atoms with Gasteiger partial charge in [0.1, 0.15) is 18.5 Å². The lowest BCUT2D eigenvalue weighted by Gasteiger charge is -2.28. The summed E-state index contributed by atoms with van der Waals surface area (Å²) in [6, 6.07) is 21.5. The molecule has 1 fully saturated rings. The largest absolute Gasteiger partial charge is 0.573 e. The van der Waals surface area contributed by atoms with Gasteiger partial charge < -0.3 is 19.5 Å². The van der Waals surface area contributed by atoms with Gasteiger partial charge in [-0.1, -0.05) is 48.5 Å². The molecule has 0 aromatic heterocycles. The summed E-state index contributed by atoms with van der Waals surface area (Å²) in [7, 11) is 0. The molecule has 156 valence electrons. The smallest absolute Gasteiger partial charge is 0.489 e. The van der Waals surface area contributed by atoms with Crippen LogP contribution in [0, 0.1) is 0 Å². The number of halogens is 3. The fraction of sp³-hybridized carbons (Fsp3) is 0.217. The molecule has 4 nitrogen and oxygen atoms in total. The molecule has 0 spiro atoms. The summed E-state index contributed by atoms with van der Waals surface area (Å²) in [6.45, 7) is 1.63. The highest BCUT2D eigenvalue weighted by molar-refractivity contribution is 5.67. The van der Waals surface area contributed by atoms with Crippen molar-refractivity contribution < 1.29 is 27.4 Å². The Kier molecular flexibility index (Phi) is 5.81. The van der Waals surface area contributed by atoms with Gasteiger partial charge in [0.2, 0.25) is 0 Å². The van der Waals surface area contributed by atoms with Crippen LogP contribution in [0.5, 0.6) is 17.2 Å². The summed E-state index contributed by atoms with van der Waals surface area (Å²) >= 11 is 0. The predicted molar refractivity (Wildman–Crippen MR) is 107 cm³/mol. The molecule has 0 amide bonds. The normalized spacial score (nSPS) is 14.1. The standard InChI is InChI=1S/C23H20F3NO3/c24-23(25,26)30-22-12-18(8-11-21(22)29-20-13-27-14-20)17-6-9-19(10-7-17)28-15-16-4-2-1-3-5-16/h1-12,20,27H,13-15H2. The monoisotopic (exact) mass is 415 g/mol. The number of nitrogens with one attached hydrogen (secondary N) is 1. The van der Waals surface area contributed by atoms with Gasteiger partial charge in [-0.15, -0.1) is 13.2 Å². The Morgan fingerprint density at radius 3 is 2.17 bits per heavy atom. The number of ether oxygens (including phenoxy) is 3. The van der Waals surface area contributed by atoms with E-state index >= 15 is 0 Å². The number of hydrogen-bond donors (Lipinski definition) is 1. The molecule has 0 radical (unpaired) electrons. The highest BCUT2D eigenvalue weighted by atomic mass is 19.4. The highest BCUT2D eigenvalue weighted by Gasteiger charge is 2.33. The Morgan fingerprint density at radius 2 is 1.53 bits per heavy atom. The first kappa shape index (κ1) is 20.1. The van der Waals surface area contributed by atoms with Gasteiger partial charge in [-0.05, 0) is 41.0 Å². The van der Waals surface area contributed by atoms with Crippen LogP contribution in [0.4, 0.5) is 13.2 Å². The first-order chi connectivity index (χ1) is 14.5.